The lowest BCUT2D eigenvalue weighted by Crippen LogP contribution is -2.18. The van der Waals surface area contributed by atoms with E-state index in [0.717, 1.165) is 6.42 Å². The average molecular weight is 214 g/mol. The summed E-state index contributed by atoms with van der Waals surface area (Å²) in [4.78, 5) is 0. The van der Waals surface area contributed by atoms with Crippen LogP contribution in [0.5, 0.6) is 0 Å². The Kier molecular flexibility index (Phi) is 3.60. The molecule has 1 atom stereocenters. The van der Waals surface area contributed by atoms with Gasteiger partial charge in [0.15, 0.2) is 0 Å². The summed E-state index contributed by atoms with van der Waals surface area (Å²) in [7, 11) is 0. The molecule has 1 rings (SSSR count). The normalized spacial score (nSPS) is 12.9. The van der Waals surface area contributed by atoms with Gasteiger partial charge in [-0.2, -0.15) is 0 Å². The van der Waals surface area contributed by atoms with Crippen LogP contribution in [-0.2, 0) is 6.42 Å². The van der Waals surface area contributed by atoms with Crippen LogP contribution in [0.2, 0.25) is 0 Å². The predicted molar refractivity (Wildman–Crippen MR) is 51.7 cm³/mol. The fourth-order valence-electron chi connectivity index (χ4n) is 1.01. The Labute approximate surface area is 76.2 Å². The van der Waals surface area contributed by atoms with Crippen molar-refractivity contribution < 1.29 is 0 Å². The van der Waals surface area contributed by atoms with Crippen molar-refractivity contribution in [1.82, 2.24) is 4.34 Å². The Bertz CT molecular complexity index is 198. The van der Waals surface area contributed by atoms with Crippen molar-refractivity contribution in [2.75, 3.05) is 0 Å². The molecule has 0 spiro atoms. The molecule has 0 bridgehead atoms. The molecule has 0 radical (unpaired) electrons. The van der Waals surface area contributed by atoms with Crippen LogP contribution in [0.15, 0.2) is 30.3 Å². The maximum atomic E-state index is 3.22. The first-order valence-electron chi connectivity index (χ1n) is 3.73. The maximum Gasteiger partial charge on any atom is 0.0187 e. The third-order valence-electron chi connectivity index (χ3n) is 1.57. The van der Waals surface area contributed by atoms with Crippen molar-refractivity contribution in [3.63, 3.8) is 0 Å². The van der Waals surface area contributed by atoms with E-state index in [4.69, 9.17) is 0 Å². The first kappa shape index (κ1) is 8.75. The van der Waals surface area contributed by atoms with Crippen molar-refractivity contribution >= 4 is 16.1 Å². The van der Waals surface area contributed by atoms with Gasteiger partial charge in [-0.05, 0) is 18.9 Å². The molecule has 0 aliphatic heterocycles. The van der Waals surface area contributed by atoms with E-state index in [0.29, 0.717) is 6.04 Å². The molecule has 1 aromatic carbocycles. The molecule has 2 heteroatoms. The minimum absolute atomic E-state index is 0.484. The minimum Gasteiger partial charge on any atom is -0.253 e. The van der Waals surface area contributed by atoms with E-state index in [1.54, 1.807) is 0 Å². The smallest absolute Gasteiger partial charge is 0.0187 e. The second-order valence-electron chi connectivity index (χ2n) is 2.70. The van der Waals surface area contributed by atoms with E-state index in [9.17, 15) is 0 Å². The first-order valence-corrected chi connectivity index (χ1v) is 4.52. The van der Waals surface area contributed by atoms with Gasteiger partial charge in [0.05, 0.1) is 0 Å². The van der Waals surface area contributed by atoms with Crippen LogP contribution >= 0.6 is 16.1 Å². The number of hydrogen-bond acceptors (Lipinski definition) is 1. The molecule has 0 amide bonds. The molecule has 0 aliphatic rings. The van der Waals surface area contributed by atoms with Crippen LogP contribution in [0.25, 0.3) is 0 Å². The van der Waals surface area contributed by atoms with E-state index in [2.05, 4.69) is 51.7 Å². The Morgan fingerprint density at radius 2 is 2.00 bits per heavy atom. The largest absolute Gasteiger partial charge is 0.253 e. The van der Waals surface area contributed by atoms with Gasteiger partial charge in [-0.1, -0.05) is 30.3 Å². The quantitative estimate of drug-likeness (QED) is 0.762. The zero-order chi connectivity index (χ0) is 8.10. The molecule has 1 unspecified atom stereocenters. The van der Waals surface area contributed by atoms with Gasteiger partial charge in [-0.15, -0.1) is 0 Å². The Hall–Kier alpha value is -0.340. The summed E-state index contributed by atoms with van der Waals surface area (Å²) < 4.78 is 3.03. The standard InChI is InChI=1S/C9H12BrN/c1-8(11-10)7-9-5-3-2-4-6-9/h2-6,8,11H,7H2,1H3. The minimum atomic E-state index is 0.484. The van der Waals surface area contributed by atoms with Crippen molar-refractivity contribution in [3.05, 3.63) is 35.9 Å². The number of nitrogens with one attached hydrogen (secondary N) is 1. The highest BCUT2D eigenvalue weighted by molar-refractivity contribution is 9.08. The van der Waals surface area contributed by atoms with E-state index < -0.39 is 0 Å². The number of benzene rings is 1. The second kappa shape index (κ2) is 4.52. The lowest BCUT2D eigenvalue weighted by molar-refractivity contribution is 0.698. The monoisotopic (exact) mass is 213 g/mol. The lowest BCUT2D eigenvalue weighted by atomic mass is 10.1. The van der Waals surface area contributed by atoms with Gasteiger partial charge in [0.2, 0.25) is 0 Å². The zero-order valence-corrected chi connectivity index (χ0v) is 8.14. The molecule has 1 nitrogen and oxygen atoms in total. The molecular formula is C9H12BrN. The number of halogens is 1. The molecule has 0 aliphatic carbocycles. The fourth-order valence-corrected chi connectivity index (χ4v) is 1.17. The number of hydrogen-bond donors (Lipinski definition) is 1. The second-order valence-corrected chi connectivity index (χ2v) is 3.16. The van der Waals surface area contributed by atoms with Gasteiger partial charge >= 0.3 is 0 Å². The molecular weight excluding hydrogens is 202 g/mol. The molecule has 1 aromatic rings. The summed E-state index contributed by atoms with van der Waals surface area (Å²) >= 11 is 3.22. The summed E-state index contributed by atoms with van der Waals surface area (Å²) in [6, 6.07) is 10.9. The molecule has 0 heterocycles. The Balaban J connectivity index is 2.51. The molecule has 1 N–H and O–H groups in total. The highest BCUT2D eigenvalue weighted by Gasteiger charge is 1.98. The maximum absolute atomic E-state index is 3.22. The van der Waals surface area contributed by atoms with Crippen molar-refractivity contribution in [1.29, 1.82) is 0 Å². The zero-order valence-electron chi connectivity index (χ0n) is 6.55. The van der Waals surface area contributed by atoms with Crippen molar-refractivity contribution in [2.45, 2.75) is 19.4 Å². The van der Waals surface area contributed by atoms with Crippen molar-refractivity contribution in [2.24, 2.45) is 0 Å². The van der Waals surface area contributed by atoms with Gasteiger partial charge < -0.3 is 0 Å². The third kappa shape index (κ3) is 3.04. The van der Waals surface area contributed by atoms with Gasteiger partial charge in [0.1, 0.15) is 0 Å². The van der Waals surface area contributed by atoms with Crippen LogP contribution in [0.1, 0.15) is 12.5 Å². The molecule has 0 fully saturated rings. The fraction of sp³-hybridized carbons (Fsp3) is 0.333. The Morgan fingerprint density at radius 3 is 2.55 bits per heavy atom. The summed E-state index contributed by atoms with van der Waals surface area (Å²) in [5.74, 6) is 0. The topological polar surface area (TPSA) is 12.0 Å². The average Bonchev–Trinajstić information content (AvgIpc) is 2.06. The summed E-state index contributed by atoms with van der Waals surface area (Å²) in [5.41, 5.74) is 1.37. The first-order chi connectivity index (χ1) is 5.33. The molecule has 0 saturated heterocycles. The van der Waals surface area contributed by atoms with E-state index in [1.807, 2.05) is 6.07 Å². The lowest BCUT2D eigenvalue weighted by Gasteiger charge is -2.07. The SMILES string of the molecule is CC(Cc1ccccc1)NBr. The van der Waals surface area contributed by atoms with E-state index in [-0.39, 0.29) is 0 Å². The van der Waals surface area contributed by atoms with Gasteiger partial charge in [0.25, 0.3) is 0 Å². The van der Waals surface area contributed by atoms with Crippen LogP contribution in [-0.4, -0.2) is 6.04 Å². The Morgan fingerprint density at radius 1 is 1.36 bits per heavy atom. The number of rotatable bonds is 3. The van der Waals surface area contributed by atoms with Crippen molar-refractivity contribution in [3.8, 4) is 0 Å². The van der Waals surface area contributed by atoms with Crippen LogP contribution in [0, 0.1) is 0 Å². The third-order valence-corrected chi connectivity index (χ3v) is 2.35. The molecule has 0 aromatic heterocycles. The van der Waals surface area contributed by atoms with Crippen LogP contribution < -0.4 is 4.34 Å². The van der Waals surface area contributed by atoms with E-state index in [1.165, 1.54) is 5.56 Å². The highest BCUT2D eigenvalue weighted by atomic mass is 79.9. The highest BCUT2D eigenvalue weighted by Crippen LogP contribution is 2.02. The van der Waals surface area contributed by atoms with Gasteiger partial charge in [-0.3, -0.25) is 4.34 Å². The summed E-state index contributed by atoms with van der Waals surface area (Å²) in [6.07, 6.45) is 1.06. The van der Waals surface area contributed by atoms with Gasteiger partial charge in [0, 0.05) is 22.2 Å². The summed E-state index contributed by atoms with van der Waals surface area (Å²) in [6.45, 7) is 2.14. The van der Waals surface area contributed by atoms with Gasteiger partial charge in [-0.25, -0.2) is 0 Å². The molecule has 60 valence electrons. The van der Waals surface area contributed by atoms with Crippen LogP contribution in [0.4, 0.5) is 0 Å². The van der Waals surface area contributed by atoms with Crippen LogP contribution in [0.3, 0.4) is 0 Å². The molecule has 0 saturated carbocycles. The molecule has 11 heavy (non-hydrogen) atoms. The summed E-state index contributed by atoms with van der Waals surface area (Å²) in [5, 5.41) is 0. The van der Waals surface area contributed by atoms with E-state index >= 15 is 0 Å². The predicted octanol–water partition coefficient (Wildman–Crippen LogP) is 2.52.